The third-order valence-electron chi connectivity index (χ3n) is 3.83. The summed E-state index contributed by atoms with van der Waals surface area (Å²) in [6.45, 7) is 0. The number of benzene rings is 3. The van der Waals surface area contributed by atoms with Crippen LogP contribution in [0.5, 0.6) is 0 Å². The van der Waals surface area contributed by atoms with Gasteiger partial charge in [-0.2, -0.15) is 5.10 Å². The highest BCUT2D eigenvalue weighted by atomic mass is 35.5. The molecule has 5 nitrogen and oxygen atoms in total. The molecule has 0 bridgehead atoms. The van der Waals surface area contributed by atoms with E-state index in [0.717, 1.165) is 0 Å². The van der Waals surface area contributed by atoms with E-state index in [0.29, 0.717) is 21.3 Å². The van der Waals surface area contributed by atoms with Crippen molar-refractivity contribution in [3.63, 3.8) is 0 Å². The maximum Gasteiger partial charge on any atom is 0.271 e. The van der Waals surface area contributed by atoms with Crippen molar-refractivity contribution in [3.8, 4) is 0 Å². The number of hydrogen-bond acceptors (Lipinski definition) is 3. The number of halogens is 3. The van der Waals surface area contributed by atoms with Crippen LogP contribution in [0.3, 0.4) is 0 Å². The van der Waals surface area contributed by atoms with Gasteiger partial charge >= 0.3 is 0 Å². The first kappa shape index (κ1) is 20.5. The van der Waals surface area contributed by atoms with Gasteiger partial charge in [-0.05, 0) is 42.5 Å². The monoisotopic (exact) mass is 429 g/mol. The summed E-state index contributed by atoms with van der Waals surface area (Å²) in [4.78, 5) is 24.5. The van der Waals surface area contributed by atoms with E-state index >= 15 is 0 Å². The topological polar surface area (TPSA) is 70.6 Å². The van der Waals surface area contributed by atoms with Gasteiger partial charge in [-0.3, -0.25) is 9.59 Å². The minimum absolute atomic E-state index is 0.0909. The van der Waals surface area contributed by atoms with E-state index in [1.165, 1.54) is 30.5 Å². The van der Waals surface area contributed by atoms with Crippen LogP contribution in [0.2, 0.25) is 10.0 Å². The van der Waals surface area contributed by atoms with Crippen LogP contribution in [-0.2, 0) is 0 Å². The molecule has 0 heterocycles. The fourth-order valence-electron chi connectivity index (χ4n) is 2.41. The zero-order chi connectivity index (χ0) is 20.8. The predicted molar refractivity (Wildman–Crippen MR) is 112 cm³/mol. The Morgan fingerprint density at radius 2 is 1.72 bits per heavy atom. The molecule has 2 N–H and O–H groups in total. The van der Waals surface area contributed by atoms with Gasteiger partial charge in [-0.15, -0.1) is 0 Å². The first-order valence-corrected chi connectivity index (χ1v) is 9.14. The van der Waals surface area contributed by atoms with Gasteiger partial charge in [0.1, 0.15) is 5.82 Å². The Kier molecular flexibility index (Phi) is 6.59. The molecule has 0 atom stereocenters. The SMILES string of the molecule is O=C(NN=Cc1ccc(Cl)cc1Cl)c1cccc(NC(=O)c2ccccc2F)c1. The van der Waals surface area contributed by atoms with Crippen LogP contribution in [0.4, 0.5) is 10.1 Å². The number of nitrogens with one attached hydrogen (secondary N) is 2. The molecule has 0 spiro atoms. The fourth-order valence-corrected chi connectivity index (χ4v) is 2.87. The lowest BCUT2D eigenvalue weighted by Crippen LogP contribution is -2.18. The van der Waals surface area contributed by atoms with Crippen molar-refractivity contribution >= 4 is 46.9 Å². The lowest BCUT2D eigenvalue weighted by molar-refractivity contribution is 0.0953. The second-order valence-corrected chi connectivity index (χ2v) is 6.72. The highest BCUT2D eigenvalue weighted by molar-refractivity contribution is 6.36. The maximum atomic E-state index is 13.7. The number of amides is 2. The van der Waals surface area contributed by atoms with Gasteiger partial charge < -0.3 is 5.32 Å². The summed E-state index contributed by atoms with van der Waals surface area (Å²) in [5.41, 5.74) is 3.47. The third-order valence-corrected chi connectivity index (χ3v) is 4.40. The predicted octanol–water partition coefficient (Wildman–Crippen LogP) is 5.15. The maximum absolute atomic E-state index is 13.7. The summed E-state index contributed by atoms with van der Waals surface area (Å²) in [5, 5.41) is 7.32. The minimum atomic E-state index is -0.630. The molecule has 0 aliphatic carbocycles. The zero-order valence-electron chi connectivity index (χ0n) is 14.8. The van der Waals surface area contributed by atoms with E-state index in [4.69, 9.17) is 23.2 Å². The van der Waals surface area contributed by atoms with E-state index in [1.54, 1.807) is 42.5 Å². The van der Waals surface area contributed by atoms with E-state index in [9.17, 15) is 14.0 Å². The van der Waals surface area contributed by atoms with Crippen LogP contribution in [0.15, 0.2) is 71.8 Å². The molecular weight excluding hydrogens is 416 g/mol. The molecule has 0 unspecified atom stereocenters. The van der Waals surface area contributed by atoms with Gasteiger partial charge in [0.05, 0.1) is 16.8 Å². The Hall–Kier alpha value is -3.22. The van der Waals surface area contributed by atoms with Crippen molar-refractivity contribution in [1.82, 2.24) is 5.43 Å². The van der Waals surface area contributed by atoms with Crippen molar-refractivity contribution in [3.05, 3.63) is 99.3 Å². The molecule has 0 radical (unpaired) electrons. The highest BCUT2D eigenvalue weighted by Gasteiger charge is 2.12. The van der Waals surface area contributed by atoms with Crippen LogP contribution in [-0.4, -0.2) is 18.0 Å². The fraction of sp³-hybridized carbons (Fsp3) is 0. The molecule has 0 aromatic heterocycles. The molecule has 3 rings (SSSR count). The van der Waals surface area contributed by atoms with Crippen molar-refractivity contribution < 1.29 is 14.0 Å². The van der Waals surface area contributed by atoms with Gasteiger partial charge in [0.25, 0.3) is 11.8 Å². The first-order chi connectivity index (χ1) is 13.9. The van der Waals surface area contributed by atoms with Gasteiger partial charge in [-0.25, -0.2) is 9.82 Å². The van der Waals surface area contributed by atoms with Crippen LogP contribution < -0.4 is 10.7 Å². The summed E-state index contributed by atoms with van der Waals surface area (Å²) in [6, 6.07) is 16.7. The number of hydrazone groups is 1. The Balaban J connectivity index is 1.67. The van der Waals surface area contributed by atoms with E-state index in [2.05, 4.69) is 15.8 Å². The lowest BCUT2D eigenvalue weighted by Gasteiger charge is -2.07. The molecule has 3 aromatic carbocycles. The Morgan fingerprint density at radius 1 is 0.931 bits per heavy atom. The van der Waals surface area contributed by atoms with E-state index in [1.807, 2.05) is 0 Å². The van der Waals surface area contributed by atoms with Crippen LogP contribution >= 0.6 is 23.2 Å². The minimum Gasteiger partial charge on any atom is -0.322 e. The molecule has 2 amide bonds. The summed E-state index contributed by atoms with van der Waals surface area (Å²) in [6.07, 6.45) is 1.39. The summed E-state index contributed by atoms with van der Waals surface area (Å²) in [5.74, 6) is -1.74. The van der Waals surface area contributed by atoms with Crippen LogP contribution in [0.25, 0.3) is 0 Å². The summed E-state index contributed by atoms with van der Waals surface area (Å²) in [7, 11) is 0. The molecule has 0 aliphatic rings. The number of rotatable bonds is 5. The van der Waals surface area contributed by atoms with Crippen molar-refractivity contribution in [1.29, 1.82) is 0 Å². The molecular formula is C21H14Cl2FN3O2. The standard InChI is InChI=1S/C21H14Cl2FN3O2/c22-15-9-8-14(18(23)11-15)12-25-27-20(28)13-4-3-5-16(10-13)26-21(29)17-6-1-2-7-19(17)24/h1-12H,(H,26,29)(H,27,28). The number of carbonyl (C=O) groups excluding carboxylic acids is 2. The second-order valence-electron chi connectivity index (χ2n) is 5.88. The second kappa shape index (κ2) is 9.32. The van der Waals surface area contributed by atoms with Crippen LogP contribution in [0, 0.1) is 5.82 Å². The van der Waals surface area contributed by atoms with Gasteiger partial charge in [0.2, 0.25) is 0 Å². The molecule has 8 heteroatoms. The van der Waals surface area contributed by atoms with Crippen molar-refractivity contribution in [2.75, 3.05) is 5.32 Å². The summed E-state index contributed by atoms with van der Waals surface area (Å²) < 4.78 is 13.7. The van der Waals surface area contributed by atoms with E-state index in [-0.39, 0.29) is 11.1 Å². The number of nitrogens with zero attached hydrogens (tertiary/aromatic N) is 1. The smallest absolute Gasteiger partial charge is 0.271 e. The molecule has 0 aliphatic heterocycles. The van der Waals surface area contributed by atoms with Crippen molar-refractivity contribution in [2.45, 2.75) is 0 Å². The normalized spacial score (nSPS) is 10.7. The molecule has 146 valence electrons. The Morgan fingerprint density at radius 3 is 2.48 bits per heavy atom. The quantitative estimate of drug-likeness (QED) is 0.434. The van der Waals surface area contributed by atoms with E-state index < -0.39 is 17.6 Å². The summed E-state index contributed by atoms with van der Waals surface area (Å²) >= 11 is 11.9. The third kappa shape index (κ3) is 5.40. The first-order valence-electron chi connectivity index (χ1n) is 8.38. The average molecular weight is 430 g/mol. The van der Waals surface area contributed by atoms with Gasteiger partial charge in [0, 0.05) is 21.8 Å². The molecule has 3 aromatic rings. The molecule has 0 saturated carbocycles. The van der Waals surface area contributed by atoms with Gasteiger partial charge in [0.15, 0.2) is 0 Å². The molecule has 0 fully saturated rings. The Bertz CT molecular complexity index is 1100. The average Bonchev–Trinajstić information content (AvgIpc) is 2.70. The lowest BCUT2D eigenvalue weighted by atomic mass is 10.1. The molecule has 0 saturated heterocycles. The Labute approximate surface area is 176 Å². The van der Waals surface area contributed by atoms with Crippen molar-refractivity contribution in [2.24, 2.45) is 5.10 Å². The molecule has 29 heavy (non-hydrogen) atoms. The zero-order valence-corrected chi connectivity index (χ0v) is 16.3. The van der Waals surface area contributed by atoms with Crippen LogP contribution in [0.1, 0.15) is 26.3 Å². The van der Waals surface area contributed by atoms with Gasteiger partial charge in [-0.1, -0.05) is 47.5 Å². The largest absolute Gasteiger partial charge is 0.322 e. The number of carbonyl (C=O) groups is 2. The number of hydrogen-bond donors (Lipinski definition) is 2. The highest BCUT2D eigenvalue weighted by Crippen LogP contribution is 2.19. The number of anilines is 1.